The lowest BCUT2D eigenvalue weighted by molar-refractivity contribution is 0.0995. The summed E-state index contributed by atoms with van der Waals surface area (Å²) in [5, 5.41) is 0. The summed E-state index contributed by atoms with van der Waals surface area (Å²) >= 11 is 0. The van der Waals surface area contributed by atoms with E-state index in [0.29, 0.717) is 5.69 Å². The van der Waals surface area contributed by atoms with Crippen LogP contribution in [0.1, 0.15) is 29.8 Å². The Morgan fingerprint density at radius 2 is 1.94 bits per heavy atom. The molecule has 2 atom stereocenters. The first-order valence-electron chi connectivity index (χ1n) is 6.46. The molecule has 0 spiro atoms. The first-order valence-corrected chi connectivity index (χ1v) is 6.46. The summed E-state index contributed by atoms with van der Waals surface area (Å²) in [6.07, 6.45) is 3.95. The Balaban J connectivity index is 1.88. The average molecular weight is 246 g/mol. The summed E-state index contributed by atoms with van der Waals surface area (Å²) < 4.78 is 0. The number of nitrogens with zero attached hydrogens (tertiary/aromatic N) is 2. The number of hydrogen-bond donors (Lipinski definition) is 2. The Morgan fingerprint density at radius 1 is 1.28 bits per heavy atom. The van der Waals surface area contributed by atoms with E-state index in [1.165, 1.54) is 19.3 Å². The van der Waals surface area contributed by atoms with E-state index in [-0.39, 0.29) is 5.69 Å². The van der Waals surface area contributed by atoms with Crippen LogP contribution in [0.5, 0.6) is 0 Å². The lowest BCUT2D eigenvalue weighted by Crippen LogP contribution is -2.24. The van der Waals surface area contributed by atoms with Gasteiger partial charge in [-0.15, -0.1) is 0 Å². The van der Waals surface area contributed by atoms with Crippen LogP contribution in [0.4, 0.5) is 11.5 Å². The molecule has 0 bridgehead atoms. The molecule has 18 heavy (non-hydrogen) atoms. The SMILES string of the molecule is NC(=O)c1ccc(N)c(N2CC3CCCC3C2)n1. The lowest BCUT2D eigenvalue weighted by atomic mass is 10.0. The minimum absolute atomic E-state index is 0.288. The summed E-state index contributed by atoms with van der Waals surface area (Å²) in [6.45, 7) is 2.01. The number of amides is 1. The third-order valence-corrected chi connectivity index (χ3v) is 4.18. The summed E-state index contributed by atoms with van der Waals surface area (Å²) in [7, 11) is 0. The highest BCUT2D eigenvalue weighted by atomic mass is 16.1. The van der Waals surface area contributed by atoms with E-state index in [9.17, 15) is 4.79 Å². The van der Waals surface area contributed by atoms with E-state index in [1.54, 1.807) is 12.1 Å². The summed E-state index contributed by atoms with van der Waals surface area (Å²) in [4.78, 5) is 17.7. The molecular weight excluding hydrogens is 228 g/mol. The van der Waals surface area contributed by atoms with Crippen molar-refractivity contribution in [1.82, 2.24) is 4.98 Å². The van der Waals surface area contributed by atoms with Gasteiger partial charge in [0.25, 0.3) is 5.91 Å². The van der Waals surface area contributed by atoms with Gasteiger partial charge in [-0.05, 0) is 36.8 Å². The third kappa shape index (κ3) is 1.79. The van der Waals surface area contributed by atoms with Crippen LogP contribution in [0.2, 0.25) is 0 Å². The predicted octanol–water partition coefficient (Wildman–Crippen LogP) is 0.999. The highest BCUT2D eigenvalue weighted by Gasteiger charge is 2.37. The molecule has 2 unspecified atom stereocenters. The average Bonchev–Trinajstić information content (AvgIpc) is 2.89. The van der Waals surface area contributed by atoms with Crippen molar-refractivity contribution in [3.63, 3.8) is 0 Å². The van der Waals surface area contributed by atoms with Crippen molar-refractivity contribution in [2.45, 2.75) is 19.3 Å². The van der Waals surface area contributed by atoms with Gasteiger partial charge in [0.2, 0.25) is 0 Å². The van der Waals surface area contributed by atoms with Gasteiger partial charge in [0.05, 0.1) is 5.69 Å². The summed E-state index contributed by atoms with van der Waals surface area (Å²) in [6, 6.07) is 3.30. The molecular formula is C13H18N4O. The molecule has 5 heteroatoms. The van der Waals surface area contributed by atoms with Gasteiger partial charge in [-0.25, -0.2) is 4.98 Å². The maximum Gasteiger partial charge on any atom is 0.267 e. The van der Waals surface area contributed by atoms with Gasteiger partial charge >= 0.3 is 0 Å². The Morgan fingerprint density at radius 3 is 2.56 bits per heavy atom. The van der Waals surface area contributed by atoms with Gasteiger partial charge in [0.1, 0.15) is 5.69 Å². The summed E-state index contributed by atoms with van der Waals surface area (Å²) in [5.41, 5.74) is 12.1. The van der Waals surface area contributed by atoms with Crippen LogP contribution in [0.3, 0.4) is 0 Å². The Hall–Kier alpha value is -1.78. The number of aromatic nitrogens is 1. The van der Waals surface area contributed by atoms with Gasteiger partial charge < -0.3 is 16.4 Å². The van der Waals surface area contributed by atoms with E-state index in [4.69, 9.17) is 11.5 Å². The molecule has 1 aromatic rings. The number of nitrogens with two attached hydrogens (primary N) is 2. The van der Waals surface area contributed by atoms with Gasteiger partial charge in [0, 0.05) is 13.1 Å². The van der Waals surface area contributed by atoms with E-state index >= 15 is 0 Å². The molecule has 2 heterocycles. The zero-order valence-electron chi connectivity index (χ0n) is 10.3. The largest absolute Gasteiger partial charge is 0.396 e. The van der Waals surface area contributed by atoms with Crippen LogP contribution >= 0.6 is 0 Å². The number of carbonyl (C=O) groups is 1. The minimum Gasteiger partial charge on any atom is -0.396 e. The quantitative estimate of drug-likeness (QED) is 0.815. The normalized spacial score (nSPS) is 26.3. The van der Waals surface area contributed by atoms with Gasteiger partial charge in [-0.3, -0.25) is 4.79 Å². The first kappa shape index (κ1) is 11.3. The molecule has 0 radical (unpaired) electrons. The Bertz CT molecular complexity index is 476. The predicted molar refractivity (Wildman–Crippen MR) is 70.2 cm³/mol. The molecule has 4 N–H and O–H groups in total. The number of anilines is 2. The van der Waals surface area contributed by atoms with Crippen LogP contribution in [-0.4, -0.2) is 24.0 Å². The number of primary amides is 1. The molecule has 1 saturated carbocycles. The Labute approximate surface area is 106 Å². The highest BCUT2D eigenvalue weighted by Crippen LogP contribution is 2.40. The fraction of sp³-hybridized carbons (Fsp3) is 0.538. The molecule has 2 aliphatic rings. The molecule has 1 aliphatic carbocycles. The maximum absolute atomic E-state index is 11.2. The van der Waals surface area contributed by atoms with Gasteiger partial charge in [0.15, 0.2) is 5.82 Å². The van der Waals surface area contributed by atoms with Crippen LogP contribution in [-0.2, 0) is 0 Å². The van der Waals surface area contributed by atoms with Crippen LogP contribution < -0.4 is 16.4 Å². The number of carbonyl (C=O) groups excluding carboxylic acids is 1. The van der Waals surface area contributed by atoms with Crippen molar-refractivity contribution in [2.24, 2.45) is 17.6 Å². The van der Waals surface area contributed by atoms with Crippen molar-refractivity contribution >= 4 is 17.4 Å². The fourth-order valence-electron chi connectivity index (χ4n) is 3.26. The number of hydrogen-bond acceptors (Lipinski definition) is 4. The number of rotatable bonds is 2. The molecule has 5 nitrogen and oxygen atoms in total. The number of nitrogen functional groups attached to an aromatic ring is 1. The van der Waals surface area contributed by atoms with E-state index in [1.807, 2.05) is 0 Å². The molecule has 1 aliphatic heterocycles. The zero-order chi connectivity index (χ0) is 12.7. The molecule has 1 aromatic heterocycles. The smallest absolute Gasteiger partial charge is 0.267 e. The fourth-order valence-corrected chi connectivity index (χ4v) is 3.26. The second-order valence-corrected chi connectivity index (χ2v) is 5.33. The third-order valence-electron chi connectivity index (χ3n) is 4.18. The second kappa shape index (κ2) is 4.15. The lowest BCUT2D eigenvalue weighted by Gasteiger charge is -2.20. The van der Waals surface area contributed by atoms with E-state index in [2.05, 4.69) is 9.88 Å². The topological polar surface area (TPSA) is 85.2 Å². The van der Waals surface area contributed by atoms with Crippen molar-refractivity contribution in [3.05, 3.63) is 17.8 Å². The monoisotopic (exact) mass is 246 g/mol. The second-order valence-electron chi connectivity index (χ2n) is 5.33. The van der Waals surface area contributed by atoms with E-state index < -0.39 is 5.91 Å². The molecule has 2 fully saturated rings. The van der Waals surface area contributed by atoms with Crippen molar-refractivity contribution in [1.29, 1.82) is 0 Å². The molecule has 3 rings (SSSR count). The zero-order valence-corrected chi connectivity index (χ0v) is 10.3. The minimum atomic E-state index is -0.504. The van der Waals surface area contributed by atoms with E-state index in [0.717, 1.165) is 30.7 Å². The van der Waals surface area contributed by atoms with Crippen LogP contribution in [0.25, 0.3) is 0 Å². The van der Waals surface area contributed by atoms with Crippen LogP contribution in [0, 0.1) is 11.8 Å². The summed E-state index contributed by atoms with van der Waals surface area (Å²) in [5.74, 6) is 1.75. The molecule has 1 saturated heterocycles. The van der Waals surface area contributed by atoms with Gasteiger partial charge in [-0.2, -0.15) is 0 Å². The van der Waals surface area contributed by atoms with Crippen molar-refractivity contribution in [3.8, 4) is 0 Å². The maximum atomic E-state index is 11.2. The van der Waals surface area contributed by atoms with Crippen molar-refractivity contribution < 1.29 is 4.79 Å². The standard InChI is InChI=1S/C13H18N4O/c14-10-4-5-11(12(15)18)16-13(10)17-6-8-2-1-3-9(8)7-17/h4-5,8-9H,1-3,6-7,14H2,(H2,15,18). The number of fused-ring (bicyclic) bond motifs is 1. The number of pyridine rings is 1. The first-order chi connectivity index (χ1) is 8.65. The Kier molecular flexibility index (Phi) is 2.61. The molecule has 1 amide bonds. The van der Waals surface area contributed by atoms with Crippen molar-refractivity contribution in [2.75, 3.05) is 23.7 Å². The molecule has 0 aromatic carbocycles. The van der Waals surface area contributed by atoms with Crippen LogP contribution in [0.15, 0.2) is 12.1 Å². The molecule has 96 valence electrons. The van der Waals surface area contributed by atoms with Gasteiger partial charge in [-0.1, -0.05) is 6.42 Å². The highest BCUT2D eigenvalue weighted by molar-refractivity contribution is 5.91.